The van der Waals surface area contributed by atoms with Crippen LogP contribution in [0.2, 0.25) is 0 Å². The first-order chi connectivity index (χ1) is 14.7. The summed E-state index contributed by atoms with van der Waals surface area (Å²) < 4.78 is 0. The average Bonchev–Trinajstić information content (AvgIpc) is 3.15. The zero-order valence-electron chi connectivity index (χ0n) is 17.8. The van der Waals surface area contributed by atoms with Gasteiger partial charge in [-0.25, -0.2) is 0 Å². The molecule has 0 aromatic heterocycles. The van der Waals surface area contributed by atoms with E-state index in [0.29, 0.717) is 6.54 Å². The van der Waals surface area contributed by atoms with Crippen LogP contribution in [0, 0.1) is 6.92 Å². The molecular weight excluding hydrogens is 372 g/mol. The van der Waals surface area contributed by atoms with Gasteiger partial charge in [0.1, 0.15) is 0 Å². The van der Waals surface area contributed by atoms with E-state index < -0.39 is 0 Å². The minimum Gasteiger partial charge on any atom is -0.314 e. The molecule has 0 saturated heterocycles. The van der Waals surface area contributed by atoms with Crippen LogP contribution < -0.4 is 0 Å². The van der Waals surface area contributed by atoms with Crippen LogP contribution in [0.25, 0.3) is 0 Å². The molecule has 5 heteroatoms. The summed E-state index contributed by atoms with van der Waals surface area (Å²) in [5, 5.41) is 0. The molecule has 5 nitrogen and oxygen atoms in total. The van der Waals surface area contributed by atoms with Gasteiger partial charge in [0, 0.05) is 25.3 Å². The van der Waals surface area contributed by atoms with Crippen molar-refractivity contribution in [3.8, 4) is 0 Å². The summed E-state index contributed by atoms with van der Waals surface area (Å²) in [4.78, 5) is 25.1. The highest BCUT2D eigenvalue weighted by Crippen LogP contribution is 2.32. The van der Waals surface area contributed by atoms with Gasteiger partial charge >= 0.3 is 0 Å². The second-order valence-electron chi connectivity index (χ2n) is 8.65. The van der Waals surface area contributed by atoms with Crippen LogP contribution in [-0.4, -0.2) is 59.3 Å². The number of nitrogens with zero attached hydrogens (tertiary/aromatic N) is 4. The first-order valence-electron chi connectivity index (χ1n) is 11.2. The van der Waals surface area contributed by atoms with Gasteiger partial charge in [-0.2, -0.15) is 0 Å². The minimum absolute atomic E-state index is 0.144. The molecule has 156 valence electrons. The average molecular weight is 403 g/mol. The van der Waals surface area contributed by atoms with Crippen molar-refractivity contribution in [3.05, 3.63) is 70.5 Å². The van der Waals surface area contributed by atoms with Crippen LogP contribution in [0.1, 0.15) is 36.8 Å². The third kappa shape index (κ3) is 3.63. The lowest BCUT2D eigenvalue weighted by molar-refractivity contribution is -0.125. The molecule has 4 aliphatic rings. The number of fused-ring (bicyclic) bond motifs is 2. The molecule has 5 rings (SSSR count). The molecule has 0 bridgehead atoms. The molecule has 30 heavy (non-hydrogen) atoms. The largest absolute Gasteiger partial charge is 0.314 e. The smallest absolute Gasteiger partial charge is 0.259 e. The lowest BCUT2D eigenvalue weighted by Gasteiger charge is -2.38. The Labute approximate surface area is 179 Å². The summed E-state index contributed by atoms with van der Waals surface area (Å²) >= 11 is 0. The van der Waals surface area contributed by atoms with Crippen LogP contribution in [0.15, 0.2) is 64.3 Å². The zero-order valence-corrected chi connectivity index (χ0v) is 17.8. The quantitative estimate of drug-likeness (QED) is 0.772. The second-order valence-corrected chi connectivity index (χ2v) is 8.65. The van der Waals surface area contributed by atoms with E-state index in [9.17, 15) is 4.79 Å². The number of hydrogen-bond donors (Lipinski definition) is 0. The standard InChI is InChI=1S/C25H30N4O/c1-19-8-5-6-11-21(19)17-29-24(30)22-18-27(16-20-9-3-2-4-10-20)14-7-12-23(22)28-15-13-26-25(28)29/h3,5-6,8-11H,2,4,7,12-18H2,1H3. The van der Waals surface area contributed by atoms with Gasteiger partial charge in [0.15, 0.2) is 0 Å². The van der Waals surface area contributed by atoms with Crippen LogP contribution >= 0.6 is 0 Å². The molecule has 0 fully saturated rings. The first-order valence-corrected chi connectivity index (χ1v) is 11.2. The molecule has 1 aromatic rings. The molecule has 1 aromatic carbocycles. The fraction of sp³-hybridized carbons (Fsp3) is 0.440. The topological polar surface area (TPSA) is 39.2 Å². The maximum absolute atomic E-state index is 13.7. The number of carbonyl (C=O) groups is 1. The summed E-state index contributed by atoms with van der Waals surface area (Å²) in [6.45, 7) is 7.05. The fourth-order valence-electron chi connectivity index (χ4n) is 4.96. The Morgan fingerprint density at radius 3 is 2.83 bits per heavy atom. The first kappa shape index (κ1) is 19.3. The molecule has 3 heterocycles. The Kier molecular flexibility index (Phi) is 5.30. The van der Waals surface area contributed by atoms with Gasteiger partial charge in [-0.15, -0.1) is 0 Å². The summed E-state index contributed by atoms with van der Waals surface area (Å²) in [5.41, 5.74) is 5.98. The van der Waals surface area contributed by atoms with Gasteiger partial charge in [0.25, 0.3) is 5.91 Å². The van der Waals surface area contributed by atoms with Gasteiger partial charge in [0.05, 0.1) is 18.7 Å². The van der Waals surface area contributed by atoms with E-state index in [-0.39, 0.29) is 5.91 Å². The number of hydrogen-bond acceptors (Lipinski definition) is 4. The number of guanidine groups is 1. The van der Waals surface area contributed by atoms with E-state index >= 15 is 0 Å². The SMILES string of the molecule is Cc1ccccc1CN1C(=O)C2=C(CCCN(CC3=CCCC=C3)C2)N2CCN=C12. The number of aliphatic imine (C=N–C) groups is 1. The summed E-state index contributed by atoms with van der Waals surface area (Å²) in [6.07, 6.45) is 11.2. The minimum atomic E-state index is 0.144. The Balaban J connectivity index is 1.43. The van der Waals surface area contributed by atoms with E-state index in [1.54, 1.807) is 0 Å². The summed E-state index contributed by atoms with van der Waals surface area (Å²) in [7, 11) is 0. The molecule has 0 N–H and O–H groups in total. The predicted molar refractivity (Wildman–Crippen MR) is 120 cm³/mol. The second kappa shape index (κ2) is 8.23. The Morgan fingerprint density at radius 1 is 1.10 bits per heavy atom. The monoisotopic (exact) mass is 402 g/mol. The molecule has 3 aliphatic heterocycles. The van der Waals surface area contributed by atoms with E-state index in [1.165, 1.54) is 22.4 Å². The van der Waals surface area contributed by atoms with Gasteiger partial charge in [-0.3, -0.25) is 19.6 Å². The highest BCUT2D eigenvalue weighted by molar-refractivity contribution is 6.09. The Morgan fingerprint density at radius 2 is 2.00 bits per heavy atom. The lowest BCUT2D eigenvalue weighted by atomic mass is 10.0. The number of benzene rings is 1. The summed E-state index contributed by atoms with van der Waals surface area (Å²) in [5.74, 6) is 0.999. The van der Waals surface area contributed by atoms with Crippen molar-refractivity contribution in [2.24, 2.45) is 4.99 Å². The van der Waals surface area contributed by atoms with Crippen molar-refractivity contribution in [2.45, 2.75) is 39.2 Å². The Hall–Kier alpha value is -2.66. The van der Waals surface area contributed by atoms with Crippen molar-refractivity contribution < 1.29 is 4.79 Å². The van der Waals surface area contributed by atoms with E-state index in [4.69, 9.17) is 4.99 Å². The molecule has 0 unspecified atom stereocenters. The maximum Gasteiger partial charge on any atom is 0.259 e. The highest BCUT2D eigenvalue weighted by Gasteiger charge is 2.40. The van der Waals surface area contributed by atoms with E-state index in [2.05, 4.69) is 59.2 Å². The number of allylic oxidation sites excluding steroid dienone is 3. The number of carbonyl (C=O) groups excluding carboxylic acids is 1. The molecular formula is C25H30N4O. The molecule has 0 atom stereocenters. The van der Waals surface area contributed by atoms with Crippen molar-refractivity contribution >= 4 is 11.9 Å². The summed E-state index contributed by atoms with van der Waals surface area (Å²) in [6, 6.07) is 8.33. The van der Waals surface area contributed by atoms with E-state index in [0.717, 1.165) is 69.9 Å². The van der Waals surface area contributed by atoms with Crippen molar-refractivity contribution in [3.63, 3.8) is 0 Å². The highest BCUT2D eigenvalue weighted by atomic mass is 16.2. The molecule has 1 amide bonds. The van der Waals surface area contributed by atoms with Crippen LogP contribution in [-0.2, 0) is 11.3 Å². The maximum atomic E-state index is 13.7. The molecule has 0 radical (unpaired) electrons. The molecule has 0 saturated carbocycles. The third-order valence-electron chi connectivity index (χ3n) is 6.57. The normalized spacial score (nSPS) is 22.0. The van der Waals surface area contributed by atoms with Crippen molar-refractivity contribution in [2.75, 3.05) is 32.7 Å². The van der Waals surface area contributed by atoms with Crippen LogP contribution in [0.4, 0.5) is 0 Å². The van der Waals surface area contributed by atoms with Gasteiger partial charge in [-0.1, -0.05) is 42.5 Å². The van der Waals surface area contributed by atoms with Gasteiger partial charge in [-0.05, 0) is 55.9 Å². The lowest BCUT2D eigenvalue weighted by Crippen LogP contribution is -2.51. The molecule has 0 spiro atoms. The van der Waals surface area contributed by atoms with Gasteiger partial charge in [0.2, 0.25) is 5.96 Å². The number of amides is 1. The Bertz CT molecular complexity index is 971. The van der Waals surface area contributed by atoms with E-state index in [1.807, 2.05) is 4.90 Å². The zero-order chi connectivity index (χ0) is 20.5. The number of aryl methyl sites for hydroxylation is 1. The van der Waals surface area contributed by atoms with Crippen molar-refractivity contribution in [1.29, 1.82) is 0 Å². The number of rotatable bonds is 4. The molecule has 1 aliphatic carbocycles. The van der Waals surface area contributed by atoms with Gasteiger partial charge < -0.3 is 4.90 Å². The third-order valence-corrected chi connectivity index (χ3v) is 6.57. The predicted octanol–water partition coefficient (Wildman–Crippen LogP) is 3.64. The van der Waals surface area contributed by atoms with Crippen LogP contribution in [0.5, 0.6) is 0 Å². The fourth-order valence-corrected chi connectivity index (χ4v) is 4.96. The van der Waals surface area contributed by atoms with Crippen LogP contribution in [0.3, 0.4) is 0 Å². The van der Waals surface area contributed by atoms with Crippen molar-refractivity contribution in [1.82, 2.24) is 14.7 Å².